The summed E-state index contributed by atoms with van der Waals surface area (Å²) in [5.41, 5.74) is 0.293. The van der Waals surface area contributed by atoms with Crippen LogP contribution in [-0.2, 0) is 24.4 Å². The van der Waals surface area contributed by atoms with Crippen LogP contribution < -0.4 is 16.6 Å². The fourth-order valence-corrected chi connectivity index (χ4v) is 4.32. The maximum absolute atomic E-state index is 13.1. The largest absolute Gasteiger partial charge is 0.467 e. The Balaban J connectivity index is 1.51. The second kappa shape index (κ2) is 9.65. The topological polar surface area (TPSA) is 129 Å². The molecule has 0 saturated carbocycles. The number of furan rings is 1. The van der Waals surface area contributed by atoms with Gasteiger partial charge in [-0.25, -0.2) is 4.79 Å². The Kier molecular flexibility index (Phi) is 6.50. The van der Waals surface area contributed by atoms with E-state index in [1.54, 1.807) is 35.7 Å². The molecule has 11 heteroatoms. The molecule has 0 bridgehead atoms. The van der Waals surface area contributed by atoms with Crippen molar-refractivity contribution in [3.63, 3.8) is 0 Å². The Hall–Kier alpha value is -3.99. The molecule has 0 unspecified atom stereocenters. The van der Waals surface area contributed by atoms with Gasteiger partial charge in [-0.3, -0.25) is 28.8 Å². The van der Waals surface area contributed by atoms with Crippen molar-refractivity contribution >= 4 is 33.1 Å². The summed E-state index contributed by atoms with van der Waals surface area (Å²) in [5, 5.41) is 15.4. The molecule has 3 aromatic heterocycles. The molecule has 0 radical (unpaired) electrons. The highest BCUT2D eigenvalue weighted by Crippen LogP contribution is 2.18. The van der Waals surface area contributed by atoms with E-state index in [4.69, 9.17) is 4.42 Å². The molecule has 10 nitrogen and oxygen atoms in total. The second-order valence-electron chi connectivity index (χ2n) is 7.34. The minimum absolute atomic E-state index is 0.0397. The van der Waals surface area contributed by atoms with Crippen molar-refractivity contribution in [3.8, 4) is 0 Å². The summed E-state index contributed by atoms with van der Waals surface area (Å²) in [6.07, 6.45) is 1.99. The van der Waals surface area contributed by atoms with E-state index in [2.05, 4.69) is 5.32 Å². The average molecular weight is 468 g/mol. The van der Waals surface area contributed by atoms with Crippen LogP contribution >= 0.6 is 11.3 Å². The quantitative estimate of drug-likeness (QED) is 0.297. The summed E-state index contributed by atoms with van der Waals surface area (Å²) >= 11 is 1.24. The molecule has 0 aliphatic heterocycles. The SMILES string of the molecule is O=C(CCCn1c(=O)c2sccc2n(Cc2ccc([N+](=O)[O-])cc2)c1=O)NCc1ccco1. The lowest BCUT2D eigenvalue weighted by Gasteiger charge is -2.12. The number of rotatable bonds is 9. The van der Waals surface area contributed by atoms with Crippen LogP contribution in [-0.4, -0.2) is 20.0 Å². The Bertz CT molecular complexity index is 1400. The van der Waals surface area contributed by atoms with Gasteiger partial charge in [-0.2, -0.15) is 0 Å². The van der Waals surface area contributed by atoms with E-state index in [9.17, 15) is 24.5 Å². The Morgan fingerprint density at radius 1 is 1.12 bits per heavy atom. The number of nitrogens with zero attached hydrogens (tertiary/aromatic N) is 3. The fourth-order valence-electron chi connectivity index (χ4n) is 3.47. The number of amides is 1. The van der Waals surface area contributed by atoms with Crippen LogP contribution in [0.2, 0.25) is 0 Å². The van der Waals surface area contributed by atoms with Gasteiger partial charge in [0.1, 0.15) is 10.5 Å². The summed E-state index contributed by atoms with van der Waals surface area (Å²) in [6.45, 7) is 0.531. The smallest absolute Gasteiger partial charge is 0.331 e. The maximum atomic E-state index is 13.1. The molecule has 0 aliphatic rings. The number of nitrogens with one attached hydrogen (secondary N) is 1. The number of hydrogen-bond acceptors (Lipinski definition) is 7. The molecule has 1 aromatic carbocycles. The maximum Gasteiger partial charge on any atom is 0.331 e. The molecule has 4 rings (SSSR count). The van der Waals surface area contributed by atoms with Crippen molar-refractivity contribution in [2.75, 3.05) is 0 Å². The predicted octanol–water partition coefficient (Wildman–Crippen LogP) is 2.87. The standard InChI is InChI=1S/C22H20N4O6S/c27-19(23-13-17-3-2-11-32-17)4-1-10-24-21(28)20-18(9-12-33-20)25(22(24)29)14-15-5-7-16(8-6-15)26(30)31/h2-3,5-9,11-12H,1,4,10,13-14H2,(H,23,27). The number of fused-ring (bicyclic) bond motifs is 1. The van der Waals surface area contributed by atoms with Crippen LogP contribution in [0.5, 0.6) is 0 Å². The van der Waals surface area contributed by atoms with Gasteiger partial charge in [0.05, 0.1) is 29.8 Å². The molecule has 0 saturated heterocycles. The predicted molar refractivity (Wildman–Crippen MR) is 122 cm³/mol. The third kappa shape index (κ3) is 4.93. The van der Waals surface area contributed by atoms with Gasteiger partial charge in [0.15, 0.2) is 0 Å². The molecule has 4 aromatic rings. The first kappa shape index (κ1) is 22.2. The third-order valence-corrected chi connectivity index (χ3v) is 6.04. The second-order valence-corrected chi connectivity index (χ2v) is 8.26. The first-order valence-corrected chi connectivity index (χ1v) is 11.1. The van der Waals surface area contributed by atoms with Gasteiger partial charge in [0, 0.05) is 25.1 Å². The summed E-state index contributed by atoms with van der Waals surface area (Å²) in [5.74, 6) is 0.430. The van der Waals surface area contributed by atoms with Crippen LogP contribution in [0.15, 0.2) is 68.1 Å². The number of nitro benzene ring substituents is 1. The number of benzene rings is 1. The van der Waals surface area contributed by atoms with Gasteiger partial charge in [0.25, 0.3) is 11.2 Å². The summed E-state index contributed by atoms with van der Waals surface area (Å²) in [7, 11) is 0. The summed E-state index contributed by atoms with van der Waals surface area (Å²) in [6, 6.07) is 11.1. The van der Waals surface area contributed by atoms with Crippen LogP contribution in [0, 0.1) is 10.1 Å². The molecule has 3 heterocycles. The van der Waals surface area contributed by atoms with Gasteiger partial charge in [-0.05, 0) is 35.6 Å². The zero-order chi connectivity index (χ0) is 23.4. The van der Waals surface area contributed by atoms with Crippen LogP contribution in [0.4, 0.5) is 5.69 Å². The molecule has 33 heavy (non-hydrogen) atoms. The molecule has 0 atom stereocenters. The van der Waals surface area contributed by atoms with Crippen molar-refractivity contribution in [1.29, 1.82) is 0 Å². The van der Waals surface area contributed by atoms with E-state index in [-0.39, 0.29) is 43.2 Å². The highest BCUT2D eigenvalue weighted by Gasteiger charge is 2.15. The molecule has 170 valence electrons. The number of carbonyl (C=O) groups is 1. The Labute approximate surface area is 190 Å². The normalized spacial score (nSPS) is 11.0. The van der Waals surface area contributed by atoms with Gasteiger partial charge in [0.2, 0.25) is 5.91 Å². The third-order valence-electron chi connectivity index (χ3n) is 5.15. The Morgan fingerprint density at radius 3 is 2.61 bits per heavy atom. The molecule has 0 fully saturated rings. The number of nitro groups is 1. The summed E-state index contributed by atoms with van der Waals surface area (Å²) in [4.78, 5) is 48.5. The van der Waals surface area contributed by atoms with Crippen LogP contribution in [0.25, 0.3) is 10.2 Å². The number of non-ortho nitro benzene ring substituents is 1. The van der Waals surface area contributed by atoms with Gasteiger partial charge in [-0.1, -0.05) is 12.1 Å². The molecule has 0 aliphatic carbocycles. The average Bonchev–Trinajstić information content (AvgIpc) is 3.50. The van der Waals surface area contributed by atoms with Gasteiger partial charge >= 0.3 is 5.69 Å². The van der Waals surface area contributed by atoms with E-state index in [1.807, 2.05) is 0 Å². The monoisotopic (exact) mass is 468 g/mol. The van der Waals surface area contributed by atoms with Gasteiger partial charge in [-0.15, -0.1) is 11.3 Å². The van der Waals surface area contributed by atoms with Crippen LogP contribution in [0.3, 0.4) is 0 Å². The van der Waals surface area contributed by atoms with Crippen molar-refractivity contribution < 1.29 is 14.1 Å². The zero-order valence-corrected chi connectivity index (χ0v) is 18.2. The molecular weight excluding hydrogens is 448 g/mol. The first-order chi connectivity index (χ1) is 15.9. The highest BCUT2D eigenvalue weighted by atomic mass is 32.1. The number of aromatic nitrogens is 2. The van der Waals surface area contributed by atoms with Crippen molar-refractivity contribution in [1.82, 2.24) is 14.5 Å². The van der Waals surface area contributed by atoms with E-state index >= 15 is 0 Å². The first-order valence-electron chi connectivity index (χ1n) is 10.2. The molecule has 0 spiro atoms. The minimum atomic E-state index is -0.488. The molecule has 1 N–H and O–H groups in total. The lowest BCUT2D eigenvalue weighted by molar-refractivity contribution is -0.384. The van der Waals surface area contributed by atoms with E-state index < -0.39 is 10.6 Å². The lowest BCUT2D eigenvalue weighted by atomic mass is 10.2. The van der Waals surface area contributed by atoms with E-state index in [0.717, 1.165) is 4.57 Å². The van der Waals surface area contributed by atoms with E-state index in [1.165, 1.54) is 34.3 Å². The van der Waals surface area contributed by atoms with Crippen LogP contribution in [0.1, 0.15) is 24.2 Å². The lowest BCUT2D eigenvalue weighted by Crippen LogP contribution is -2.40. The number of carbonyl (C=O) groups excluding carboxylic acids is 1. The summed E-state index contributed by atoms with van der Waals surface area (Å²) < 4.78 is 8.23. The number of hydrogen-bond donors (Lipinski definition) is 1. The zero-order valence-electron chi connectivity index (χ0n) is 17.4. The highest BCUT2D eigenvalue weighted by molar-refractivity contribution is 7.17. The van der Waals surface area contributed by atoms with Gasteiger partial charge < -0.3 is 9.73 Å². The van der Waals surface area contributed by atoms with Crippen molar-refractivity contribution in [2.45, 2.75) is 32.5 Å². The fraction of sp³-hybridized carbons (Fsp3) is 0.227. The van der Waals surface area contributed by atoms with Crippen molar-refractivity contribution in [3.05, 3.63) is 96.4 Å². The minimum Gasteiger partial charge on any atom is -0.467 e. The number of thiophene rings is 1. The Morgan fingerprint density at radius 2 is 1.91 bits per heavy atom. The van der Waals surface area contributed by atoms with Crippen molar-refractivity contribution in [2.24, 2.45) is 0 Å². The molecular formula is C22H20N4O6S. The molecule has 1 amide bonds. The van der Waals surface area contributed by atoms with E-state index in [0.29, 0.717) is 28.0 Å².